The lowest BCUT2D eigenvalue weighted by atomic mass is 10.1. The number of rotatable bonds is 5. The van der Waals surface area contributed by atoms with E-state index in [1.54, 1.807) is 12.1 Å². The molecule has 1 atom stereocenters. The second kappa shape index (κ2) is 7.24. The van der Waals surface area contributed by atoms with Gasteiger partial charge in [-0.2, -0.15) is 0 Å². The van der Waals surface area contributed by atoms with Gasteiger partial charge in [0.2, 0.25) is 0 Å². The van der Waals surface area contributed by atoms with Crippen LogP contribution >= 0.6 is 0 Å². The van der Waals surface area contributed by atoms with Crippen molar-refractivity contribution in [2.45, 2.75) is 45.3 Å². The summed E-state index contributed by atoms with van der Waals surface area (Å²) in [6.45, 7) is 5.76. The molecule has 1 amide bonds. The molecule has 0 radical (unpaired) electrons. The smallest absolute Gasteiger partial charge is 0.407 e. The van der Waals surface area contributed by atoms with Crippen LogP contribution in [0.3, 0.4) is 0 Å². The van der Waals surface area contributed by atoms with E-state index in [1.807, 2.05) is 20.8 Å². The molecule has 0 aliphatic carbocycles. The molecule has 0 bridgehead atoms. The Morgan fingerprint density at radius 2 is 1.95 bits per heavy atom. The fourth-order valence-corrected chi connectivity index (χ4v) is 1.72. The maximum Gasteiger partial charge on any atom is 0.407 e. The Morgan fingerprint density at radius 3 is 2.45 bits per heavy atom. The average Bonchev–Trinajstić information content (AvgIpc) is 2.34. The highest BCUT2D eigenvalue weighted by Crippen LogP contribution is 2.09. The minimum Gasteiger partial charge on any atom is -0.444 e. The molecule has 1 aromatic carbocycles. The third-order valence-corrected chi connectivity index (χ3v) is 2.70. The zero-order valence-electron chi connectivity index (χ0n) is 12.3. The van der Waals surface area contributed by atoms with Crippen molar-refractivity contribution in [1.29, 1.82) is 0 Å². The quantitative estimate of drug-likeness (QED) is 0.872. The monoisotopic (exact) mass is 282 g/mol. The minimum atomic E-state index is -0.528. The molecule has 4 nitrogen and oxygen atoms in total. The van der Waals surface area contributed by atoms with Crippen molar-refractivity contribution in [3.63, 3.8) is 0 Å². The average molecular weight is 282 g/mol. The summed E-state index contributed by atoms with van der Waals surface area (Å²) in [5.74, 6) is -0.254. The summed E-state index contributed by atoms with van der Waals surface area (Å²) in [5, 5.41) is 2.74. The molecule has 0 aromatic heterocycles. The lowest BCUT2D eigenvalue weighted by Gasteiger charge is -2.23. The highest BCUT2D eigenvalue weighted by molar-refractivity contribution is 5.68. The molecule has 0 saturated heterocycles. The van der Waals surface area contributed by atoms with Gasteiger partial charge in [-0.05, 0) is 51.3 Å². The zero-order chi connectivity index (χ0) is 15.2. The van der Waals surface area contributed by atoms with Crippen LogP contribution in [0.1, 0.15) is 32.8 Å². The Balaban J connectivity index is 2.43. The number of aryl methyl sites for hydroxylation is 1. The van der Waals surface area contributed by atoms with Crippen LogP contribution < -0.4 is 11.1 Å². The van der Waals surface area contributed by atoms with Gasteiger partial charge in [0, 0.05) is 12.6 Å². The van der Waals surface area contributed by atoms with Crippen LogP contribution in [0.2, 0.25) is 0 Å². The maximum atomic E-state index is 12.8. The molecule has 0 fully saturated rings. The van der Waals surface area contributed by atoms with E-state index in [0.29, 0.717) is 13.0 Å². The number of hydrogen-bond donors (Lipinski definition) is 2. The molecule has 1 aromatic rings. The fraction of sp³-hybridized carbons (Fsp3) is 0.533. The molecule has 0 spiro atoms. The first kappa shape index (κ1) is 16.4. The summed E-state index contributed by atoms with van der Waals surface area (Å²) in [4.78, 5) is 11.6. The van der Waals surface area contributed by atoms with E-state index in [-0.39, 0.29) is 11.9 Å². The van der Waals surface area contributed by atoms with Crippen LogP contribution in [-0.4, -0.2) is 24.3 Å². The summed E-state index contributed by atoms with van der Waals surface area (Å²) in [6.07, 6.45) is 0.936. The lowest BCUT2D eigenvalue weighted by molar-refractivity contribution is 0.0503. The largest absolute Gasteiger partial charge is 0.444 e. The molecule has 1 rings (SSSR count). The summed E-state index contributed by atoms with van der Waals surface area (Å²) in [6, 6.07) is 6.16. The number of hydrogen-bond acceptors (Lipinski definition) is 3. The minimum absolute atomic E-state index is 0.157. The SMILES string of the molecule is CC(C)(C)OC(=O)NC(CN)CCc1ccc(F)cc1. The molecule has 112 valence electrons. The Kier molecular flexibility index (Phi) is 5.95. The van der Waals surface area contributed by atoms with E-state index >= 15 is 0 Å². The normalized spacial score (nSPS) is 12.8. The van der Waals surface area contributed by atoms with Gasteiger partial charge in [-0.15, -0.1) is 0 Å². The van der Waals surface area contributed by atoms with E-state index in [0.717, 1.165) is 12.0 Å². The van der Waals surface area contributed by atoms with E-state index < -0.39 is 11.7 Å². The van der Waals surface area contributed by atoms with Crippen molar-refractivity contribution in [3.8, 4) is 0 Å². The van der Waals surface area contributed by atoms with Gasteiger partial charge in [-0.25, -0.2) is 9.18 Å². The standard InChI is InChI=1S/C15H23FN2O2/c1-15(2,3)20-14(19)18-13(10-17)9-6-11-4-7-12(16)8-5-11/h4-5,7-8,13H,6,9-10,17H2,1-3H3,(H,18,19). The zero-order valence-corrected chi connectivity index (χ0v) is 12.3. The first-order chi connectivity index (χ1) is 9.30. The molecule has 1 unspecified atom stereocenters. The second-order valence-electron chi connectivity index (χ2n) is 5.74. The van der Waals surface area contributed by atoms with Crippen molar-refractivity contribution < 1.29 is 13.9 Å². The van der Waals surface area contributed by atoms with Gasteiger partial charge < -0.3 is 15.8 Å². The second-order valence-corrected chi connectivity index (χ2v) is 5.74. The van der Waals surface area contributed by atoms with Crippen molar-refractivity contribution >= 4 is 6.09 Å². The fourth-order valence-electron chi connectivity index (χ4n) is 1.72. The van der Waals surface area contributed by atoms with Crippen LogP contribution in [0.25, 0.3) is 0 Å². The number of carbonyl (C=O) groups excluding carboxylic acids is 1. The lowest BCUT2D eigenvalue weighted by Crippen LogP contribution is -2.43. The van der Waals surface area contributed by atoms with Gasteiger partial charge >= 0.3 is 6.09 Å². The molecular weight excluding hydrogens is 259 g/mol. The predicted molar refractivity (Wildman–Crippen MR) is 76.9 cm³/mol. The van der Waals surface area contributed by atoms with E-state index in [4.69, 9.17) is 10.5 Å². The first-order valence-electron chi connectivity index (χ1n) is 6.74. The van der Waals surface area contributed by atoms with Crippen LogP contribution in [0.4, 0.5) is 9.18 Å². The first-order valence-corrected chi connectivity index (χ1v) is 6.74. The maximum absolute atomic E-state index is 12.8. The van der Waals surface area contributed by atoms with Gasteiger partial charge in [0.15, 0.2) is 0 Å². The number of nitrogens with one attached hydrogen (secondary N) is 1. The van der Waals surface area contributed by atoms with E-state index in [1.165, 1.54) is 12.1 Å². The molecule has 3 N–H and O–H groups in total. The van der Waals surface area contributed by atoms with Gasteiger partial charge in [0.25, 0.3) is 0 Å². The molecule has 20 heavy (non-hydrogen) atoms. The van der Waals surface area contributed by atoms with Crippen LogP contribution in [0.15, 0.2) is 24.3 Å². The van der Waals surface area contributed by atoms with Gasteiger partial charge in [0.1, 0.15) is 11.4 Å². The number of carbonyl (C=O) groups is 1. The highest BCUT2D eigenvalue weighted by Gasteiger charge is 2.18. The van der Waals surface area contributed by atoms with Crippen LogP contribution in [0.5, 0.6) is 0 Å². The topological polar surface area (TPSA) is 64.3 Å². The predicted octanol–water partition coefficient (Wildman–Crippen LogP) is 2.61. The van der Waals surface area contributed by atoms with E-state index in [9.17, 15) is 9.18 Å². The van der Waals surface area contributed by atoms with E-state index in [2.05, 4.69) is 5.32 Å². The summed E-state index contributed by atoms with van der Waals surface area (Å²) < 4.78 is 18.0. The number of ether oxygens (including phenoxy) is 1. The van der Waals surface area contributed by atoms with Crippen LogP contribution in [0, 0.1) is 5.82 Å². The Hall–Kier alpha value is -1.62. The van der Waals surface area contributed by atoms with Gasteiger partial charge in [-0.1, -0.05) is 12.1 Å². The van der Waals surface area contributed by atoms with Crippen LogP contribution in [-0.2, 0) is 11.2 Å². The number of amides is 1. The molecule has 0 saturated carbocycles. The molecule has 0 heterocycles. The molecule has 5 heteroatoms. The Bertz CT molecular complexity index is 426. The van der Waals surface area contributed by atoms with Crippen molar-refractivity contribution in [2.24, 2.45) is 5.73 Å². The third-order valence-electron chi connectivity index (χ3n) is 2.70. The third kappa shape index (κ3) is 6.52. The molecular formula is C15H23FN2O2. The summed E-state index contributed by atoms with van der Waals surface area (Å²) >= 11 is 0. The van der Waals surface area contributed by atoms with Gasteiger partial charge in [0.05, 0.1) is 0 Å². The Labute approximate surface area is 119 Å². The highest BCUT2D eigenvalue weighted by atomic mass is 19.1. The number of benzene rings is 1. The molecule has 0 aliphatic heterocycles. The van der Waals surface area contributed by atoms with Crippen molar-refractivity contribution in [2.75, 3.05) is 6.54 Å². The van der Waals surface area contributed by atoms with Crippen molar-refractivity contribution in [3.05, 3.63) is 35.6 Å². The summed E-state index contributed by atoms with van der Waals surface area (Å²) in [7, 11) is 0. The number of nitrogens with two attached hydrogens (primary N) is 1. The Morgan fingerprint density at radius 1 is 1.35 bits per heavy atom. The number of halogens is 1. The van der Waals surface area contributed by atoms with Crippen molar-refractivity contribution in [1.82, 2.24) is 5.32 Å². The summed E-state index contributed by atoms with van der Waals surface area (Å²) in [5.41, 5.74) is 6.13. The van der Waals surface area contributed by atoms with Gasteiger partial charge in [-0.3, -0.25) is 0 Å². The molecule has 0 aliphatic rings. The number of alkyl carbamates (subject to hydrolysis) is 1.